The Balaban J connectivity index is 1.29. The first-order chi connectivity index (χ1) is 21.9. The minimum Gasteiger partial charge on any atom is -0.502 e. The molecule has 8 rings (SSSR count). The Bertz CT molecular complexity index is 1550. The van der Waals surface area contributed by atoms with Crippen LogP contribution in [0.15, 0.2) is 12.1 Å². The fraction of sp³-hybridized carbons (Fsp3) is 0.667. The van der Waals surface area contributed by atoms with Gasteiger partial charge in [0.1, 0.15) is 0 Å². The first kappa shape index (κ1) is 30.1. The van der Waals surface area contributed by atoms with E-state index >= 15 is 0 Å². The molecule has 0 amide bonds. The largest absolute Gasteiger partial charge is 0.502 e. The number of aliphatic hydroxyl groups is 2. The van der Waals surface area contributed by atoms with Crippen molar-refractivity contribution in [2.24, 2.45) is 34.5 Å². The Labute approximate surface area is 268 Å². The summed E-state index contributed by atoms with van der Waals surface area (Å²) < 4.78 is 0. The molecule has 0 saturated heterocycles. The standard InChI is InChI=1S/C36H44N2O8/c1-35-13-11-17-19(27(35)7-9-29(35)39)3-5-21-23(17)15-25(33(41)31(21)37(43)44)26-16-24-18-12-14-36(2)28(8-10-30(36)40)20(18)4-6-22(24)32(34(26)42)38(45)46/h15-20,27-30,39-42H,3-14H2,1-2H3/t17-,18-,19+,20+,27-,28-,29-,30-,35-,36-/m0/s1. The second-order valence-corrected chi connectivity index (χ2v) is 16.0. The van der Waals surface area contributed by atoms with E-state index < -0.39 is 21.3 Å². The highest BCUT2D eigenvalue weighted by Gasteiger charge is 2.57. The summed E-state index contributed by atoms with van der Waals surface area (Å²) in [6.07, 6.45) is 8.13. The molecule has 6 aliphatic rings. The van der Waals surface area contributed by atoms with Crippen molar-refractivity contribution < 1.29 is 30.3 Å². The number of nitro benzene ring substituents is 2. The van der Waals surface area contributed by atoms with Crippen molar-refractivity contribution in [2.45, 2.75) is 115 Å². The molecule has 0 bridgehead atoms. The van der Waals surface area contributed by atoms with E-state index in [0.717, 1.165) is 75.3 Å². The Morgan fingerprint density at radius 1 is 0.652 bits per heavy atom. The third-order valence-corrected chi connectivity index (χ3v) is 14.5. The zero-order valence-electron chi connectivity index (χ0n) is 26.6. The fourth-order valence-corrected chi connectivity index (χ4v) is 12.1. The van der Waals surface area contributed by atoms with Crippen molar-refractivity contribution in [1.29, 1.82) is 0 Å². The van der Waals surface area contributed by atoms with Crippen LogP contribution in [0.25, 0.3) is 11.1 Å². The number of fused-ring (bicyclic) bond motifs is 10. The zero-order valence-corrected chi connectivity index (χ0v) is 26.6. The molecule has 4 fully saturated rings. The van der Waals surface area contributed by atoms with Gasteiger partial charge in [-0.2, -0.15) is 0 Å². The predicted octanol–water partition coefficient (Wildman–Crippen LogP) is 7.02. The smallest absolute Gasteiger partial charge is 0.314 e. The van der Waals surface area contributed by atoms with Gasteiger partial charge in [-0.15, -0.1) is 0 Å². The fourth-order valence-electron chi connectivity index (χ4n) is 12.1. The monoisotopic (exact) mass is 632 g/mol. The van der Waals surface area contributed by atoms with Crippen LogP contribution in [0.3, 0.4) is 0 Å². The van der Waals surface area contributed by atoms with E-state index in [-0.39, 0.29) is 69.2 Å². The Morgan fingerprint density at radius 3 is 1.41 bits per heavy atom. The summed E-state index contributed by atoms with van der Waals surface area (Å²) in [6.45, 7) is 4.34. The van der Waals surface area contributed by atoms with E-state index in [1.165, 1.54) is 0 Å². The van der Waals surface area contributed by atoms with Gasteiger partial charge in [-0.1, -0.05) is 13.8 Å². The zero-order chi connectivity index (χ0) is 32.4. The lowest BCUT2D eigenvalue weighted by molar-refractivity contribution is -0.387. The van der Waals surface area contributed by atoms with E-state index in [2.05, 4.69) is 13.8 Å². The van der Waals surface area contributed by atoms with Crippen molar-refractivity contribution in [2.75, 3.05) is 0 Å². The molecule has 10 atom stereocenters. The van der Waals surface area contributed by atoms with Crippen LogP contribution in [0.5, 0.6) is 11.5 Å². The van der Waals surface area contributed by atoms with Crippen LogP contribution in [-0.4, -0.2) is 42.5 Å². The maximum atomic E-state index is 12.6. The average molecular weight is 633 g/mol. The normalized spacial score (nSPS) is 39.0. The Hall–Kier alpha value is -3.24. The molecule has 246 valence electrons. The highest BCUT2D eigenvalue weighted by molar-refractivity contribution is 5.86. The lowest BCUT2D eigenvalue weighted by atomic mass is 9.55. The summed E-state index contributed by atoms with van der Waals surface area (Å²) in [5.41, 5.74) is 1.71. The third kappa shape index (κ3) is 3.89. The number of phenols is 2. The first-order valence-electron chi connectivity index (χ1n) is 17.3. The van der Waals surface area contributed by atoms with Crippen LogP contribution in [0.1, 0.15) is 112 Å². The van der Waals surface area contributed by atoms with Crippen LogP contribution in [-0.2, 0) is 12.8 Å². The number of hydrogen-bond acceptors (Lipinski definition) is 8. The summed E-state index contributed by atoms with van der Waals surface area (Å²) >= 11 is 0. The van der Waals surface area contributed by atoms with Crippen LogP contribution in [0, 0.1) is 54.7 Å². The van der Waals surface area contributed by atoms with E-state index in [4.69, 9.17) is 0 Å². The van der Waals surface area contributed by atoms with Gasteiger partial charge in [-0.05, 0) is 147 Å². The molecule has 46 heavy (non-hydrogen) atoms. The molecule has 0 heterocycles. The summed E-state index contributed by atoms with van der Waals surface area (Å²) in [5, 5.41) is 70.0. The number of phenolic OH excluding ortho intramolecular Hbond substituents is 2. The van der Waals surface area contributed by atoms with Gasteiger partial charge in [0.15, 0.2) is 0 Å². The number of nitro groups is 2. The van der Waals surface area contributed by atoms with Gasteiger partial charge in [0, 0.05) is 22.3 Å². The molecular formula is C36H44N2O8. The third-order valence-electron chi connectivity index (χ3n) is 14.5. The van der Waals surface area contributed by atoms with E-state index in [0.29, 0.717) is 35.8 Å². The van der Waals surface area contributed by atoms with Crippen LogP contribution in [0.2, 0.25) is 0 Å². The summed E-state index contributed by atoms with van der Waals surface area (Å²) in [4.78, 5) is 24.1. The molecule has 4 N–H and O–H groups in total. The molecule has 2 aromatic carbocycles. The molecule has 0 aromatic heterocycles. The molecule has 0 unspecified atom stereocenters. The van der Waals surface area contributed by atoms with Crippen molar-refractivity contribution in [3.8, 4) is 22.6 Å². The van der Waals surface area contributed by atoms with Gasteiger partial charge in [-0.3, -0.25) is 20.2 Å². The lowest BCUT2D eigenvalue weighted by Crippen LogP contribution is -2.44. The topological polar surface area (TPSA) is 167 Å². The second kappa shape index (κ2) is 10.1. The summed E-state index contributed by atoms with van der Waals surface area (Å²) in [6, 6.07) is 3.55. The van der Waals surface area contributed by atoms with Crippen LogP contribution < -0.4 is 0 Å². The predicted molar refractivity (Wildman–Crippen MR) is 170 cm³/mol. The number of hydrogen-bond donors (Lipinski definition) is 4. The molecule has 10 nitrogen and oxygen atoms in total. The molecule has 2 aromatic rings. The van der Waals surface area contributed by atoms with E-state index in [9.17, 15) is 40.7 Å². The molecule has 10 heteroatoms. The van der Waals surface area contributed by atoms with E-state index in [1.807, 2.05) is 0 Å². The molecular weight excluding hydrogens is 588 g/mol. The van der Waals surface area contributed by atoms with Crippen molar-refractivity contribution in [3.05, 3.63) is 54.6 Å². The highest BCUT2D eigenvalue weighted by atomic mass is 16.6. The summed E-state index contributed by atoms with van der Waals surface area (Å²) in [5.74, 6) is -0.00332. The van der Waals surface area contributed by atoms with Gasteiger partial charge in [0.2, 0.25) is 11.5 Å². The Kier molecular flexibility index (Phi) is 6.63. The van der Waals surface area contributed by atoms with Gasteiger partial charge >= 0.3 is 11.4 Å². The van der Waals surface area contributed by atoms with Crippen molar-refractivity contribution in [3.63, 3.8) is 0 Å². The second-order valence-electron chi connectivity index (χ2n) is 16.0. The SMILES string of the molecule is C[C@]12CC[C@@H]3c4cc(-c5cc6c(c([N+](=O)[O-])c5O)CC[C@@H]5[C@@H]6CC[C@]6(C)[C@@H](O)CC[C@@H]56)c(O)c([N+](=O)[O-])c4CC[C@H]3[C@@H]1CC[C@@H]2O. The number of nitrogens with zero attached hydrogens (tertiary/aromatic N) is 2. The maximum Gasteiger partial charge on any atom is 0.314 e. The van der Waals surface area contributed by atoms with Gasteiger partial charge in [0.25, 0.3) is 0 Å². The highest BCUT2D eigenvalue weighted by Crippen LogP contribution is 2.65. The first-order valence-corrected chi connectivity index (χ1v) is 17.3. The quantitative estimate of drug-likeness (QED) is 0.207. The molecule has 0 aliphatic heterocycles. The summed E-state index contributed by atoms with van der Waals surface area (Å²) in [7, 11) is 0. The maximum absolute atomic E-state index is 12.6. The number of benzene rings is 2. The molecule has 0 radical (unpaired) electrons. The Morgan fingerprint density at radius 2 is 1.04 bits per heavy atom. The van der Waals surface area contributed by atoms with Gasteiger partial charge in [-0.25, -0.2) is 0 Å². The van der Waals surface area contributed by atoms with Gasteiger partial charge in [0.05, 0.1) is 22.1 Å². The average Bonchev–Trinajstić information content (AvgIpc) is 3.49. The van der Waals surface area contributed by atoms with Crippen molar-refractivity contribution in [1.82, 2.24) is 0 Å². The van der Waals surface area contributed by atoms with Crippen molar-refractivity contribution >= 4 is 11.4 Å². The lowest BCUT2D eigenvalue weighted by Gasteiger charge is -2.50. The van der Waals surface area contributed by atoms with E-state index in [1.54, 1.807) is 12.1 Å². The van der Waals surface area contributed by atoms with Gasteiger partial charge < -0.3 is 20.4 Å². The molecule has 0 spiro atoms. The number of rotatable bonds is 3. The molecule has 6 aliphatic carbocycles. The number of aliphatic hydroxyl groups excluding tert-OH is 2. The van der Waals surface area contributed by atoms with Crippen LogP contribution in [0.4, 0.5) is 11.4 Å². The number of aromatic hydroxyl groups is 2. The minimum absolute atomic E-state index is 0.00845. The molecule has 4 saturated carbocycles. The minimum atomic E-state index is -0.550. The van der Waals surface area contributed by atoms with Crippen LogP contribution >= 0.6 is 0 Å².